The van der Waals surface area contributed by atoms with Crippen molar-refractivity contribution in [3.8, 4) is 11.5 Å². The molecule has 0 saturated heterocycles. The SMILES string of the molecule is COc1cc(C)nc2ccc(NC(=O)COCC(=O)Nc3ccc4nc(C)cc(OC)c4c3)cc12. The molecular formula is C26H26N4O5. The van der Waals surface area contributed by atoms with Crippen LogP contribution in [0.5, 0.6) is 11.5 Å². The van der Waals surface area contributed by atoms with Crippen LogP contribution in [-0.4, -0.2) is 49.2 Å². The number of hydrogen-bond donors (Lipinski definition) is 2. The molecule has 9 nitrogen and oxygen atoms in total. The Morgan fingerprint density at radius 3 is 1.54 bits per heavy atom. The highest BCUT2D eigenvalue weighted by atomic mass is 16.5. The summed E-state index contributed by atoms with van der Waals surface area (Å²) in [5, 5.41) is 7.09. The maximum absolute atomic E-state index is 12.3. The minimum atomic E-state index is -0.381. The monoisotopic (exact) mass is 474 g/mol. The topological polar surface area (TPSA) is 112 Å². The van der Waals surface area contributed by atoms with Gasteiger partial charge in [-0.1, -0.05) is 0 Å². The predicted octanol–water partition coefficient (Wildman–Crippen LogP) is 4.01. The molecule has 35 heavy (non-hydrogen) atoms. The number of hydrogen-bond acceptors (Lipinski definition) is 7. The number of anilines is 2. The summed E-state index contributed by atoms with van der Waals surface area (Å²) in [6.45, 7) is 3.23. The Hall–Kier alpha value is -4.24. The largest absolute Gasteiger partial charge is 0.496 e. The number of aryl methyl sites for hydroxylation is 2. The van der Waals surface area contributed by atoms with Gasteiger partial charge in [0.1, 0.15) is 24.7 Å². The van der Waals surface area contributed by atoms with Crippen molar-refractivity contribution in [3.05, 3.63) is 59.9 Å². The predicted molar refractivity (Wildman–Crippen MR) is 134 cm³/mol. The molecule has 2 aromatic heterocycles. The van der Waals surface area contributed by atoms with Crippen LogP contribution in [0.2, 0.25) is 0 Å². The Morgan fingerprint density at radius 2 is 1.14 bits per heavy atom. The Labute approximate surface area is 202 Å². The lowest BCUT2D eigenvalue weighted by molar-refractivity contribution is -0.125. The summed E-state index contributed by atoms with van der Waals surface area (Å²) in [6.07, 6.45) is 0. The lowest BCUT2D eigenvalue weighted by atomic mass is 10.1. The molecule has 0 spiro atoms. The zero-order chi connectivity index (χ0) is 24.9. The third kappa shape index (κ3) is 5.64. The van der Waals surface area contributed by atoms with Crippen molar-refractivity contribution in [3.63, 3.8) is 0 Å². The van der Waals surface area contributed by atoms with E-state index in [0.29, 0.717) is 22.9 Å². The van der Waals surface area contributed by atoms with Crippen LogP contribution in [0.4, 0.5) is 11.4 Å². The third-order valence-corrected chi connectivity index (χ3v) is 5.27. The first-order chi connectivity index (χ1) is 16.9. The minimum Gasteiger partial charge on any atom is -0.496 e. The number of rotatable bonds is 8. The van der Waals surface area contributed by atoms with Gasteiger partial charge in [-0.25, -0.2) is 0 Å². The standard InChI is InChI=1S/C26H26N4O5/c1-15-9-23(33-3)19-11-17(5-7-21(19)27-15)29-25(31)13-35-14-26(32)30-18-6-8-22-20(12-18)24(34-4)10-16(2)28-22/h5-12H,13-14H2,1-4H3,(H,29,31)(H,30,32). The van der Waals surface area contributed by atoms with Crippen LogP contribution < -0.4 is 20.1 Å². The van der Waals surface area contributed by atoms with Crippen molar-refractivity contribution in [1.82, 2.24) is 9.97 Å². The van der Waals surface area contributed by atoms with E-state index < -0.39 is 0 Å². The van der Waals surface area contributed by atoms with Crippen LogP contribution in [0.3, 0.4) is 0 Å². The van der Waals surface area contributed by atoms with E-state index in [1.807, 2.05) is 38.1 Å². The van der Waals surface area contributed by atoms with Gasteiger partial charge in [-0.2, -0.15) is 0 Å². The van der Waals surface area contributed by atoms with Gasteiger partial charge >= 0.3 is 0 Å². The molecule has 4 aromatic rings. The number of carbonyl (C=O) groups excluding carboxylic acids is 2. The molecule has 0 atom stereocenters. The summed E-state index contributed by atoms with van der Waals surface area (Å²) >= 11 is 0. The van der Waals surface area contributed by atoms with E-state index in [4.69, 9.17) is 14.2 Å². The first-order valence-corrected chi connectivity index (χ1v) is 10.9. The van der Waals surface area contributed by atoms with Gasteiger partial charge in [0.2, 0.25) is 11.8 Å². The fourth-order valence-corrected chi connectivity index (χ4v) is 3.77. The highest BCUT2D eigenvalue weighted by Gasteiger charge is 2.11. The van der Waals surface area contributed by atoms with Crippen LogP contribution in [-0.2, 0) is 14.3 Å². The second kappa shape index (κ2) is 10.4. The lowest BCUT2D eigenvalue weighted by Gasteiger charge is -2.11. The Morgan fingerprint density at radius 1 is 0.714 bits per heavy atom. The van der Waals surface area contributed by atoms with Gasteiger partial charge in [0.15, 0.2) is 0 Å². The van der Waals surface area contributed by atoms with Crippen molar-refractivity contribution in [2.24, 2.45) is 0 Å². The van der Waals surface area contributed by atoms with Gasteiger partial charge in [0, 0.05) is 45.7 Å². The maximum Gasteiger partial charge on any atom is 0.250 e. The molecule has 0 aliphatic rings. The normalized spacial score (nSPS) is 10.9. The van der Waals surface area contributed by atoms with Crippen LogP contribution in [0.1, 0.15) is 11.4 Å². The summed E-state index contributed by atoms with van der Waals surface area (Å²) in [5.41, 5.74) is 4.37. The van der Waals surface area contributed by atoms with Crippen LogP contribution in [0.15, 0.2) is 48.5 Å². The quantitative estimate of drug-likeness (QED) is 0.397. The highest BCUT2D eigenvalue weighted by molar-refractivity contribution is 5.97. The number of aromatic nitrogens is 2. The highest BCUT2D eigenvalue weighted by Crippen LogP contribution is 2.29. The van der Waals surface area contributed by atoms with Gasteiger partial charge in [-0.3, -0.25) is 19.6 Å². The number of ether oxygens (including phenoxy) is 3. The van der Waals surface area contributed by atoms with E-state index in [1.165, 1.54) is 0 Å². The zero-order valence-electron chi connectivity index (χ0n) is 20.0. The average Bonchev–Trinajstić information content (AvgIpc) is 2.83. The van der Waals surface area contributed by atoms with Crippen molar-refractivity contribution < 1.29 is 23.8 Å². The molecule has 0 saturated carbocycles. The van der Waals surface area contributed by atoms with Crippen LogP contribution in [0, 0.1) is 13.8 Å². The molecule has 2 N–H and O–H groups in total. The molecule has 0 unspecified atom stereocenters. The Bertz CT molecular complexity index is 1310. The molecular weight excluding hydrogens is 448 g/mol. The second-order valence-electron chi connectivity index (χ2n) is 7.98. The molecule has 9 heteroatoms. The number of amides is 2. The van der Waals surface area contributed by atoms with Gasteiger partial charge in [-0.15, -0.1) is 0 Å². The van der Waals surface area contributed by atoms with Gasteiger partial charge < -0.3 is 24.8 Å². The Kier molecular flexibility index (Phi) is 7.07. The van der Waals surface area contributed by atoms with E-state index in [0.717, 1.165) is 33.2 Å². The van der Waals surface area contributed by atoms with Crippen molar-refractivity contribution >= 4 is 45.0 Å². The average molecular weight is 475 g/mol. The molecule has 0 aliphatic carbocycles. The molecule has 0 fully saturated rings. The third-order valence-electron chi connectivity index (χ3n) is 5.27. The fourth-order valence-electron chi connectivity index (χ4n) is 3.77. The molecule has 0 radical (unpaired) electrons. The van der Waals surface area contributed by atoms with Crippen LogP contribution in [0.25, 0.3) is 21.8 Å². The number of methoxy groups -OCH3 is 2. The summed E-state index contributed by atoms with van der Waals surface area (Å²) in [5.74, 6) is 0.587. The molecule has 180 valence electrons. The first kappa shape index (κ1) is 23.9. The van der Waals surface area contributed by atoms with Crippen molar-refractivity contribution in [2.45, 2.75) is 13.8 Å². The first-order valence-electron chi connectivity index (χ1n) is 10.9. The number of fused-ring (bicyclic) bond motifs is 2. The van der Waals surface area contributed by atoms with E-state index >= 15 is 0 Å². The molecule has 0 bridgehead atoms. The summed E-state index contributed by atoms with van der Waals surface area (Å²) in [7, 11) is 3.18. The van der Waals surface area contributed by atoms with E-state index in [2.05, 4.69) is 20.6 Å². The molecule has 2 amide bonds. The van der Waals surface area contributed by atoms with Crippen molar-refractivity contribution in [1.29, 1.82) is 0 Å². The molecule has 2 heterocycles. The summed E-state index contributed by atoms with van der Waals surface area (Å²) < 4.78 is 16.1. The van der Waals surface area contributed by atoms with E-state index in [1.54, 1.807) is 38.5 Å². The van der Waals surface area contributed by atoms with Gasteiger partial charge in [0.05, 0.1) is 25.3 Å². The molecule has 2 aromatic carbocycles. The maximum atomic E-state index is 12.3. The smallest absolute Gasteiger partial charge is 0.250 e. The lowest BCUT2D eigenvalue weighted by Crippen LogP contribution is -2.24. The number of carbonyl (C=O) groups is 2. The van der Waals surface area contributed by atoms with Gasteiger partial charge in [-0.05, 0) is 50.2 Å². The number of nitrogens with zero attached hydrogens (tertiary/aromatic N) is 2. The molecule has 0 aliphatic heterocycles. The van der Waals surface area contributed by atoms with E-state index in [-0.39, 0.29) is 25.0 Å². The van der Waals surface area contributed by atoms with Gasteiger partial charge in [0.25, 0.3) is 0 Å². The van der Waals surface area contributed by atoms with Crippen LogP contribution >= 0.6 is 0 Å². The minimum absolute atomic E-state index is 0.274. The number of nitrogens with one attached hydrogen (secondary N) is 2. The summed E-state index contributed by atoms with van der Waals surface area (Å²) in [4.78, 5) is 33.5. The number of pyridine rings is 2. The van der Waals surface area contributed by atoms with E-state index in [9.17, 15) is 9.59 Å². The zero-order valence-corrected chi connectivity index (χ0v) is 20.0. The molecule has 4 rings (SSSR count). The summed E-state index contributed by atoms with van der Waals surface area (Å²) in [6, 6.07) is 14.4. The second-order valence-corrected chi connectivity index (χ2v) is 7.98. The fraction of sp³-hybridized carbons (Fsp3) is 0.231. The van der Waals surface area contributed by atoms with Crippen molar-refractivity contribution in [2.75, 3.05) is 38.1 Å². The number of benzene rings is 2. The Balaban J connectivity index is 1.32.